The summed E-state index contributed by atoms with van der Waals surface area (Å²) in [5, 5.41) is 10.4. The average Bonchev–Trinajstić information content (AvgIpc) is 2.48. The van der Waals surface area contributed by atoms with Crippen LogP contribution in [0, 0.1) is 23.2 Å². The number of piperidine rings is 1. The highest BCUT2D eigenvalue weighted by Crippen LogP contribution is 2.60. The van der Waals surface area contributed by atoms with Gasteiger partial charge >= 0.3 is 0 Å². The molecule has 1 heterocycles. The standard InChI is InChI=1S/C20H35NO2/c1-15-4-2-3-5-21(15)12-19(22)13-23-14-20-9-16-6-17(10-20)8-18(7-16)11-20/h15-19,22H,2-14H2,1H3/t15-,16?,17?,18?,19-,20?/m1/s1. The number of nitrogens with zero attached hydrogens (tertiary/aromatic N) is 1. The number of β-amino-alcohol motifs (C(OH)–C–C–N with tert-alkyl or cyclic N) is 1. The van der Waals surface area contributed by atoms with Crippen LogP contribution in [0.3, 0.4) is 0 Å². The van der Waals surface area contributed by atoms with Crippen LogP contribution in [0.1, 0.15) is 64.7 Å². The molecule has 0 unspecified atom stereocenters. The Kier molecular flexibility index (Phi) is 4.73. The van der Waals surface area contributed by atoms with Gasteiger partial charge in [-0.25, -0.2) is 0 Å². The van der Waals surface area contributed by atoms with Crippen molar-refractivity contribution in [1.29, 1.82) is 0 Å². The Morgan fingerprint density at radius 3 is 2.35 bits per heavy atom. The normalized spacial score (nSPS) is 44.6. The van der Waals surface area contributed by atoms with Crippen molar-refractivity contribution in [3.63, 3.8) is 0 Å². The Labute approximate surface area is 141 Å². The van der Waals surface area contributed by atoms with Gasteiger partial charge in [-0.05, 0) is 88.0 Å². The third kappa shape index (κ3) is 3.62. The maximum absolute atomic E-state index is 10.4. The summed E-state index contributed by atoms with van der Waals surface area (Å²) in [5.41, 5.74) is 0.479. The first-order valence-electron chi connectivity index (χ1n) is 10.1. The van der Waals surface area contributed by atoms with Gasteiger partial charge in [-0.2, -0.15) is 0 Å². The molecule has 0 spiro atoms. The van der Waals surface area contributed by atoms with Crippen LogP contribution in [0.2, 0.25) is 0 Å². The van der Waals surface area contributed by atoms with Crippen molar-refractivity contribution >= 4 is 0 Å². The topological polar surface area (TPSA) is 32.7 Å². The molecule has 1 saturated heterocycles. The molecule has 0 aromatic heterocycles. The molecule has 4 aliphatic carbocycles. The molecule has 1 aliphatic heterocycles. The highest BCUT2D eigenvalue weighted by molar-refractivity contribution is 5.01. The van der Waals surface area contributed by atoms with Crippen LogP contribution in [-0.4, -0.2) is 48.5 Å². The van der Waals surface area contributed by atoms with Crippen LogP contribution in [0.5, 0.6) is 0 Å². The van der Waals surface area contributed by atoms with Gasteiger partial charge < -0.3 is 9.84 Å². The quantitative estimate of drug-likeness (QED) is 0.813. The number of ether oxygens (including phenoxy) is 1. The molecule has 0 aromatic carbocycles. The minimum atomic E-state index is -0.315. The first-order valence-corrected chi connectivity index (χ1v) is 10.1. The van der Waals surface area contributed by atoms with Gasteiger partial charge in [0.1, 0.15) is 0 Å². The van der Waals surface area contributed by atoms with E-state index in [-0.39, 0.29) is 6.10 Å². The van der Waals surface area contributed by atoms with Crippen molar-refractivity contribution in [3.8, 4) is 0 Å². The maximum atomic E-state index is 10.4. The molecule has 0 radical (unpaired) electrons. The van der Waals surface area contributed by atoms with E-state index in [2.05, 4.69) is 11.8 Å². The largest absolute Gasteiger partial charge is 0.389 e. The lowest BCUT2D eigenvalue weighted by Gasteiger charge is -2.56. The summed E-state index contributed by atoms with van der Waals surface area (Å²) in [6, 6.07) is 0.626. The van der Waals surface area contributed by atoms with E-state index in [1.54, 1.807) is 0 Å². The molecule has 23 heavy (non-hydrogen) atoms. The minimum Gasteiger partial charge on any atom is -0.389 e. The van der Waals surface area contributed by atoms with Crippen molar-refractivity contribution in [2.75, 3.05) is 26.3 Å². The fourth-order valence-corrected chi connectivity index (χ4v) is 6.63. The second-order valence-corrected chi connectivity index (χ2v) is 9.43. The predicted molar refractivity (Wildman–Crippen MR) is 92.3 cm³/mol. The minimum absolute atomic E-state index is 0.315. The first kappa shape index (κ1) is 16.4. The molecule has 3 nitrogen and oxygen atoms in total. The Hall–Kier alpha value is -0.120. The van der Waals surface area contributed by atoms with Crippen LogP contribution in [0.25, 0.3) is 0 Å². The molecule has 5 aliphatic rings. The van der Waals surface area contributed by atoms with Crippen molar-refractivity contribution in [3.05, 3.63) is 0 Å². The fourth-order valence-electron chi connectivity index (χ4n) is 6.63. The summed E-state index contributed by atoms with van der Waals surface area (Å²) >= 11 is 0. The van der Waals surface area contributed by atoms with E-state index in [0.717, 1.165) is 37.5 Å². The lowest BCUT2D eigenvalue weighted by molar-refractivity contribution is -0.107. The smallest absolute Gasteiger partial charge is 0.0900 e. The number of hydrogen-bond donors (Lipinski definition) is 1. The number of likely N-dealkylation sites (tertiary alicyclic amines) is 1. The van der Waals surface area contributed by atoms with Crippen LogP contribution in [-0.2, 0) is 4.74 Å². The highest BCUT2D eigenvalue weighted by Gasteiger charge is 2.50. The van der Waals surface area contributed by atoms with Crippen molar-refractivity contribution < 1.29 is 9.84 Å². The van der Waals surface area contributed by atoms with Crippen LogP contribution < -0.4 is 0 Å². The Morgan fingerprint density at radius 1 is 1.09 bits per heavy atom. The number of hydrogen-bond acceptors (Lipinski definition) is 3. The molecule has 5 rings (SSSR count). The number of rotatable bonds is 6. The van der Waals surface area contributed by atoms with Gasteiger partial charge in [0.25, 0.3) is 0 Å². The molecule has 3 heteroatoms. The van der Waals surface area contributed by atoms with Crippen LogP contribution in [0.15, 0.2) is 0 Å². The molecule has 4 bridgehead atoms. The van der Waals surface area contributed by atoms with Gasteiger partial charge in [0, 0.05) is 12.6 Å². The summed E-state index contributed by atoms with van der Waals surface area (Å²) in [5.74, 6) is 2.97. The third-order valence-electron chi connectivity index (χ3n) is 7.27. The highest BCUT2D eigenvalue weighted by atomic mass is 16.5. The van der Waals surface area contributed by atoms with Gasteiger partial charge in [0.15, 0.2) is 0 Å². The Morgan fingerprint density at radius 2 is 1.74 bits per heavy atom. The Bertz CT molecular complexity index is 375. The van der Waals surface area contributed by atoms with E-state index in [1.165, 1.54) is 57.8 Å². The molecule has 2 atom stereocenters. The zero-order chi connectivity index (χ0) is 15.9. The zero-order valence-electron chi connectivity index (χ0n) is 14.9. The van der Waals surface area contributed by atoms with Crippen molar-refractivity contribution in [2.24, 2.45) is 23.2 Å². The van der Waals surface area contributed by atoms with Gasteiger partial charge in [-0.15, -0.1) is 0 Å². The van der Waals surface area contributed by atoms with E-state index in [9.17, 15) is 5.11 Å². The molecule has 1 N–H and O–H groups in total. The van der Waals surface area contributed by atoms with E-state index in [1.807, 2.05) is 0 Å². The molecule has 0 amide bonds. The maximum Gasteiger partial charge on any atom is 0.0900 e. The van der Waals surface area contributed by atoms with E-state index in [0.29, 0.717) is 18.1 Å². The monoisotopic (exact) mass is 321 g/mol. The van der Waals surface area contributed by atoms with Gasteiger partial charge in [-0.3, -0.25) is 4.90 Å². The van der Waals surface area contributed by atoms with Gasteiger partial charge in [0.2, 0.25) is 0 Å². The van der Waals surface area contributed by atoms with Crippen molar-refractivity contribution in [1.82, 2.24) is 4.90 Å². The van der Waals surface area contributed by atoms with Crippen molar-refractivity contribution in [2.45, 2.75) is 76.9 Å². The fraction of sp³-hybridized carbons (Fsp3) is 1.00. The van der Waals surface area contributed by atoms with E-state index >= 15 is 0 Å². The predicted octanol–water partition coefficient (Wildman–Crippen LogP) is 3.45. The zero-order valence-corrected chi connectivity index (χ0v) is 14.9. The van der Waals surface area contributed by atoms with Gasteiger partial charge in [-0.1, -0.05) is 6.42 Å². The second-order valence-electron chi connectivity index (χ2n) is 9.43. The molecular weight excluding hydrogens is 286 g/mol. The number of aliphatic hydroxyl groups excluding tert-OH is 1. The first-order chi connectivity index (χ1) is 11.1. The lowest BCUT2D eigenvalue weighted by Crippen LogP contribution is -2.48. The molecular formula is C20H35NO2. The molecule has 132 valence electrons. The Balaban J connectivity index is 1.22. The third-order valence-corrected chi connectivity index (χ3v) is 7.27. The lowest BCUT2D eigenvalue weighted by atomic mass is 9.50. The van der Waals surface area contributed by atoms with E-state index in [4.69, 9.17) is 4.74 Å². The average molecular weight is 322 g/mol. The SMILES string of the molecule is C[C@@H]1CCCCN1C[C@@H](O)COCC12CC3CC(CC(C3)C1)C2. The van der Waals surface area contributed by atoms with Crippen LogP contribution >= 0.6 is 0 Å². The summed E-state index contributed by atoms with van der Waals surface area (Å²) in [7, 11) is 0. The summed E-state index contributed by atoms with van der Waals surface area (Å²) in [6.45, 7) is 5.67. The van der Waals surface area contributed by atoms with Gasteiger partial charge in [0.05, 0.1) is 19.3 Å². The summed E-state index contributed by atoms with van der Waals surface area (Å²) in [4.78, 5) is 2.45. The molecule has 0 aromatic rings. The summed E-state index contributed by atoms with van der Waals surface area (Å²) in [6.07, 6.45) is 12.3. The summed E-state index contributed by atoms with van der Waals surface area (Å²) < 4.78 is 6.08. The second kappa shape index (κ2) is 6.65. The van der Waals surface area contributed by atoms with E-state index < -0.39 is 0 Å². The molecule has 5 fully saturated rings. The van der Waals surface area contributed by atoms with Crippen LogP contribution in [0.4, 0.5) is 0 Å². The number of aliphatic hydroxyl groups is 1. The molecule has 4 saturated carbocycles.